The quantitative estimate of drug-likeness (QED) is 0.774. The third kappa shape index (κ3) is 4.74. The number of amides is 2. The first-order valence-electron chi connectivity index (χ1n) is 10.5. The van der Waals surface area contributed by atoms with Crippen LogP contribution in [0.25, 0.3) is 0 Å². The van der Waals surface area contributed by atoms with Crippen molar-refractivity contribution < 1.29 is 19.1 Å². The summed E-state index contributed by atoms with van der Waals surface area (Å²) in [4.78, 5) is 29.0. The van der Waals surface area contributed by atoms with Gasteiger partial charge in [-0.2, -0.15) is 0 Å². The van der Waals surface area contributed by atoms with Crippen LogP contribution in [-0.2, 0) is 32.5 Å². The van der Waals surface area contributed by atoms with Crippen LogP contribution >= 0.6 is 0 Å². The molecule has 0 radical (unpaired) electrons. The molecule has 0 atom stereocenters. The van der Waals surface area contributed by atoms with Crippen LogP contribution in [0.15, 0.2) is 12.1 Å². The molecule has 3 rings (SSSR count). The van der Waals surface area contributed by atoms with Crippen LogP contribution in [-0.4, -0.2) is 55.9 Å². The highest BCUT2D eigenvalue weighted by atomic mass is 16.6. The van der Waals surface area contributed by atoms with E-state index >= 15 is 0 Å². The summed E-state index contributed by atoms with van der Waals surface area (Å²) in [6.07, 6.45) is 1.79. The number of benzene rings is 1. The van der Waals surface area contributed by atoms with Crippen molar-refractivity contribution in [3.05, 3.63) is 28.8 Å². The molecular weight excluding hydrogens is 368 g/mol. The van der Waals surface area contributed by atoms with E-state index in [1.807, 2.05) is 25.7 Å². The maximum atomic E-state index is 12.8. The molecule has 0 N–H and O–H groups in total. The predicted octanol–water partition coefficient (Wildman–Crippen LogP) is 3.68. The predicted molar refractivity (Wildman–Crippen MR) is 114 cm³/mol. The fourth-order valence-electron chi connectivity index (χ4n) is 4.17. The third-order valence-corrected chi connectivity index (χ3v) is 5.70. The first-order valence-corrected chi connectivity index (χ1v) is 10.5. The summed E-state index contributed by atoms with van der Waals surface area (Å²) >= 11 is 0. The van der Waals surface area contributed by atoms with Crippen LogP contribution < -0.4 is 4.90 Å². The Morgan fingerprint density at radius 3 is 2.34 bits per heavy atom. The number of carbonyl (C=O) groups is 2. The molecule has 2 heterocycles. The van der Waals surface area contributed by atoms with Crippen molar-refractivity contribution in [1.82, 2.24) is 4.90 Å². The zero-order chi connectivity index (χ0) is 21.4. The zero-order valence-corrected chi connectivity index (χ0v) is 18.6. The van der Waals surface area contributed by atoms with Crippen LogP contribution in [0.4, 0.5) is 10.5 Å². The minimum atomic E-state index is -0.498. The molecule has 6 heteroatoms. The highest BCUT2D eigenvalue weighted by molar-refractivity contribution is 5.98. The molecule has 1 aromatic rings. The van der Waals surface area contributed by atoms with Gasteiger partial charge in [0.05, 0.1) is 6.61 Å². The van der Waals surface area contributed by atoms with E-state index in [9.17, 15) is 9.59 Å². The second-order valence-electron chi connectivity index (χ2n) is 9.70. The topological polar surface area (TPSA) is 59.1 Å². The van der Waals surface area contributed by atoms with E-state index < -0.39 is 5.60 Å². The molecule has 0 aromatic heterocycles. The molecule has 1 aromatic carbocycles. The summed E-state index contributed by atoms with van der Waals surface area (Å²) in [6.45, 7) is 12.3. The maximum absolute atomic E-state index is 12.8. The maximum Gasteiger partial charge on any atom is 0.410 e. The molecule has 29 heavy (non-hydrogen) atoms. The van der Waals surface area contributed by atoms with E-state index in [2.05, 4.69) is 26.0 Å². The molecule has 0 spiro atoms. The molecule has 6 nitrogen and oxygen atoms in total. The molecule has 160 valence electrons. The molecule has 0 aliphatic carbocycles. The van der Waals surface area contributed by atoms with E-state index in [4.69, 9.17) is 9.47 Å². The number of carbonyl (C=O) groups excluding carboxylic acids is 2. The van der Waals surface area contributed by atoms with E-state index in [0.29, 0.717) is 32.7 Å². The average Bonchev–Trinajstić information content (AvgIpc) is 2.80. The van der Waals surface area contributed by atoms with E-state index in [1.54, 1.807) is 12.0 Å². The summed E-state index contributed by atoms with van der Waals surface area (Å²) in [5, 5.41) is 0. The normalized spacial score (nSPS) is 18.8. The Balaban J connectivity index is 1.89. The standard InChI is InChI=1S/C23H34N2O4/c1-22(2,3)29-21(27)24-9-7-16-13-18-19(14-17(16)8-10-24)25(11-12-28-6)20(26)15-23(18,4)5/h13-14H,7-12,15H2,1-6H3. The lowest BCUT2D eigenvalue weighted by Crippen LogP contribution is -2.43. The van der Waals surface area contributed by atoms with Crippen molar-refractivity contribution >= 4 is 17.7 Å². The second-order valence-corrected chi connectivity index (χ2v) is 9.70. The molecular formula is C23H34N2O4. The van der Waals surface area contributed by atoms with Crippen LogP contribution in [0, 0.1) is 0 Å². The van der Waals surface area contributed by atoms with Gasteiger partial charge in [-0.3, -0.25) is 4.79 Å². The van der Waals surface area contributed by atoms with Gasteiger partial charge >= 0.3 is 6.09 Å². The van der Waals surface area contributed by atoms with Crippen molar-refractivity contribution in [2.75, 3.05) is 38.3 Å². The van der Waals surface area contributed by atoms with E-state index in [-0.39, 0.29) is 17.4 Å². The van der Waals surface area contributed by atoms with Crippen molar-refractivity contribution in [1.29, 1.82) is 0 Å². The minimum Gasteiger partial charge on any atom is -0.444 e. The number of ether oxygens (including phenoxy) is 2. The number of methoxy groups -OCH3 is 1. The number of rotatable bonds is 3. The van der Waals surface area contributed by atoms with Gasteiger partial charge in [0.15, 0.2) is 0 Å². The molecule has 0 unspecified atom stereocenters. The van der Waals surface area contributed by atoms with E-state index in [0.717, 1.165) is 18.5 Å². The largest absolute Gasteiger partial charge is 0.444 e. The first-order chi connectivity index (χ1) is 13.5. The van der Waals surface area contributed by atoms with Gasteiger partial charge in [0.1, 0.15) is 5.60 Å². The summed E-state index contributed by atoms with van der Waals surface area (Å²) < 4.78 is 10.8. The third-order valence-electron chi connectivity index (χ3n) is 5.70. The Morgan fingerprint density at radius 1 is 1.14 bits per heavy atom. The molecule has 0 saturated heterocycles. The number of hydrogen-bond acceptors (Lipinski definition) is 4. The van der Waals surface area contributed by atoms with Crippen LogP contribution in [0.1, 0.15) is 57.7 Å². The molecule has 2 amide bonds. The molecule has 0 saturated carbocycles. The monoisotopic (exact) mass is 402 g/mol. The summed E-state index contributed by atoms with van der Waals surface area (Å²) in [7, 11) is 1.65. The van der Waals surface area contributed by atoms with Crippen LogP contribution in [0.5, 0.6) is 0 Å². The number of nitrogens with zero attached hydrogens (tertiary/aromatic N) is 2. The summed E-state index contributed by atoms with van der Waals surface area (Å²) in [6, 6.07) is 4.42. The second kappa shape index (κ2) is 7.98. The van der Waals surface area contributed by atoms with Gasteiger partial charge in [-0.1, -0.05) is 19.9 Å². The Bertz CT molecular complexity index is 795. The minimum absolute atomic E-state index is 0.142. The van der Waals surface area contributed by atoms with Crippen LogP contribution in [0.3, 0.4) is 0 Å². The Labute approximate surface area is 174 Å². The lowest BCUT2D eigenvalue weighted by atomic mass is 9.75. The summed E-state index contributed by atoms with van der Waals surface area (Å²) in [5.74, 6) is 0.142. The highest BCUT2D eigenvalue weighted by Gasteiger charge is 2.37. The number of anilines is 1. The van der Waals surface area contributed by atoms with Gasteiger partial charge in [-0.25, -0.2) is 4.79 Å². The SMILES string of the molecule is COCCN1C(=O)CC(C)(C)c2cc3c(cc21)CCN(C(=O)OC(C)(C)C)CC3. The van der Waals surface area contributed by atoms with Crippen molar-refractivity contribution in [2.24, 2.45) is 0 Å². The van der Waals surface area contributed by atoms with Gasteiger partial charge in [-0.05, 0) is 56.4 Å². The van der Waals surface area contributed by atoms with Crippen molar-refractivity contribution in [3.8, 4) is 0 Å². The van der Waals surface area contributed by atoms with Gasteiger partial charge in [-0.15, -0.1) is 0 Å². The number of fused-ring (bicyclic) bond motifs is 2. The van der Waals surface area contributed by atoms with Gasteiger partial charge in [0.25, 0.3) is 0 Å². The van der Waals surface area contributed by atoms with Crippen molar-refractivity contribution in [2.45, 2.75) is 64.9 Å². The lowest BCUT2D eigenvalue weighted by molar-refractivity contribution is -0.120. The van der Waals surface area contributed by atoms with Crippen LogP contribution in [0.2, 0.25) is 0 Å². The van der Waals surface area contributed by atoms with Gasteiger partial charge in [0.2, 0.25) is 5.91 Å². The Morgan fingerprint density at radius 2 is 1.76 bits per heavy atom. The average molecular weight is 403 g/mol. The Kier molecular flexibility index (Phi) is 5.95. The highest BCUT2D eigenvalue weighted by Crippen LogP contribution is 2.42. The molecule has 0 bridgehead atoms. The van der Waals surface area contributed by atoms with E-state index in [1.165, 1.54) is 16.7 Å². The molecule has 0 fully saturated rings. The molecule has 2 aliphatic rings. The Hall–Kier alpha value is -2.08. The fourth-order valence-corrected chi connectivity index (χ4v) is 4.17. The van der Waals surface area contributed by atoms with Crippen molar-refractivity contribution in [3.63, 3.8) is 0 Å². The lowest BCUT2D eigenvalue weighted by Gasteiger charge is -2.39. The van der Waals surface area contributed by atoms with Gasteiger partial charge < -0.3 is 19.3 Å². The zero-order valence-electron chi connectivity index (χ0n) is 18.6. The first kappa shape index (κ1) is 21.6. The van der Waals surface area contributed by atoms with Gasteiger partial charge in [0, 0.05) is 44.3 Å². The fraction of sp³-hybridized carbons (Fsp3) is 0.652. The number of hydrogen-bond donors (Lipinski definition) is 0. The molecule has 2 aliphatic heterocycles. The summed E-state index contributed by atoms with van der Waals surface area (Å²) in [5.41, 5.74) is 3.97. The smallest absolute Gasteiger partial charge is 0.410 e.